The summed E-state index contributed by atoms with van der Waals surface area (Å²) in [5, 5.41) is 3.22. The van der Waals surface area contributed by atoms with Crippen molar-refractivity contribution in [2.75, 3.05) is 32.7 Å². The molecule has 0 aromatic carbocycles. The lowest BCUT2D eigenvalue weighted by molar-refractivity contribution is -0.146. The highest BCUT2D eigenvalue weighted by Crippen LogP contribution is 2.29. The summed E-state index contributed by atoms with van der Waals surface area (Å²) in [5.74, 6) is 0.110. The van der Waals surface area contributed by atoms with Gasteiger partial charge in [-0.05, 0) is 19.8 Å². The van der Waals surface area contributed by atoms with Crippen LogP contribution < -0.4 is 5.32 Å². The quantitative estimate of drug-likeness (QED) is 0.640. The highest BCUT2D eigenvalue weighted by Gasteiger charge is 2.44. The monoisotopic (exact) mass is 225 g/mol. The lowest BCUT2D eigenvalue weighted by Crippen LogP contribution is -2.58. The molecular formula is C11H19N3O2. The van der Waals surface area contributed by atoms with Gasteiger partial charge in [-0.3, -0.25) is 9.59 Å². The minimum atomic E-state index is -0.598. The predicted octanol–water partition coefficient (Wildman–Crippen LogP) is -0.571. The molecule has 5 heteroatoms. The predicted molar refractivity (Wildman–Crippen MR) is 59.9 cm³/mol. The van der Waals surface area contributed by atoms with E-state index in [0.29, 0.717) is 6.54 Å². The number of hydrogen-bond acceptors (Lipinski definition) is 3. The fourth-order valence-electron chi connectivity index (χ4n) is 2.59. The second kappa shape index (κ2) is 4.41. The SMILES string of the molecule is CC1(C(=O)N2CCNCC2)CCCN1C=O. The van der Waals surface area contributed by atoms with Gasteiger partial charge in [0, 0.05) is 32.7 Å². The molecule has 2 heterocycles. The van der Waals surface area contributed by atoms with Gasteiger partial charge in [-0.1, -0.05) is 0 Å². The lowest BCUT2D eigenvalue weighted by Gasteiger charge is -2.38. The highest BCUT2D eigenvalue weighted by molar-refractivity contribution is 5.88. The van der Waals surface area contributed by atoms with Gasteiger partial charge in [-0.2, -0.15) is 0 Å². The van der Waals surface area contributed by atoms with Gasteiger partial charge in [-0.25, -0.2) is 0 Å². The Labute approximate surface area is 95.8 Å². The average molecular weight is 225 g/mol. The molecule has 0 spiro atoms. The van der Waals surface area contributed by atoms with Crippen LogP contribution in [0.3, 0.4) is 0 Å². The van der Waals surface area contributed by atoms with Gasteiger partial charge in [0.2, 0.25) is 12.3 Å². The van der Waals surface area contributed by atoms with E-state index in [9.17, 15) is 9.59 Å². The van der Waals surface area contributed by atoms with E-state index in [0.717, 1.165) is 45.4 Å². The first kappa shape index (κ1) is 11.4. The van der Waals surface area contributed by atoms with Gasteiger partial charge < -0.3 is 15.1 Å². The van der Waals surface area contributed by atoms with Gasteiger partial charge in [-0.15, -0.1) is 0 Å². The summed E-state index contributed by atoms with van der Waals surface area (Å²) in [6.07, 6.45) is 2.52. The van der Waals surface area contributed by atoms with E-state index >= 15 is 0 Å². The first-order valence-electron chi connectivity index (χ1n) is 5.90. The average Bonchev–Trinajstić information content (AvgIpc) is 2.72. The molecule has 90 valence electrons. The Morgan fingerprint density at radius 3 is 2.62 bits per heavy atom. The number of carbonyl (C=O) groups excluding carboxylic acids is 2. The van der Waals surface area contributed by atoms with Crippen molar-refractivity contribution in [2.24, 2.45) is 0 Å². The van der Waals surface area contributed by atoms with Gasteiger partial charge in [0.15, 0.2) is 0 Å². The Morgan fingerprint density at radius 2 is 2.00 bits per heavy atom. The number of amides is 2. The molecule has 0 aromatic heterocycles. The Balaban J connectivity index is 2.09. The third-order valence-corrected chi connectivity index (χ3v) is 3.69. The molecule has 1 unspecified atom stereocenters. The van der Waals surface area contributed by atoms with E-state index in [2.05, 4.69) is 5.32 Å². The first-order chi connectivity index (χ1) is 7.68. The molecule has 2 rings (SSSR count). The van der Waals surface area contributed by atoms with E-state index in [-0.39, 0.29) is 5.91 Å². The molecule has 1 N–H and O–H groups in total. The number of likely N-dealkylation sites (tertiary alicyclic amines) is 1. The first-order valence-corrected chi connectivity index (χ1v) is 5.90. The van der Waals surface area contributed by atoms with Crippen LogP contribution in [0.2, 0.25) is 0 Å². The van der Waals surface area contributed by atoms with Gasteiger partial charge in [0.05, 0.1) is 0 Å². The number of carbonyl (C=O) groups is 2. The molecule has 2 amide bonds. The molecule has 1 atom stereocenters. The molecule has 0 bridgehead atoms. The third kappa shape index (κ3) is 1.80. The minimum Gasteiger partial charge on any atom is -0.338 e. The zero-order chi connectivity index (χ0) is 11.6. The highest BCUT2D eigenvalue weighted by atomic mass is 16.2. The number of rotatable bonds is 2. The van der Waals surface area contributed by atoms with Crippen LogP contribution >= 0.6 is 0 Å². The molecule has 5 nitrogen and oxygen atoms in total. The van der Waals surface area contributed by atoms with E-state index in [1.165, 1.54) is 0 Å². The number of nitrogens with one attached hydrogen (secondary N) is 1. The lowest BCUT2D eigenvalue weighted by atomic mass is 9.97. The van der Waals surface area contributed by atoms with E-state index in [4.69, 9.17) is 0 Å². The van der Waals surface area contributed by atoms with Crippen LogP contribution in [0, 0.1) is 0 Å². The van der Waals surface area contributed by atoms with Crippen molar-refractivity contribution < 1.29 is 9.59 Å². The second-order valence-corrected chi connectivity index (χ2v) is 4.72. The maximum atomic E-state index is 12.4. The molecule has 2 fully saturated rings. The fraction of sp³-hybridized carbons (Fsp3) is 0.818. The van der Waals surface area contributed by atoms with E-state index in [1.54, 1.807) is 4.90 Å². The maximum Gasteiger partial charge on any atom is 0.248 e. The van der Waals surface area contributed by atoms with E-state index < -0.39 is 5.54 Å². The summed E-state index contributed by atoms with van der Waals surface area (Å²) in [5.41, 5.74) is -0.598. The molecule has 0 radical (unpaired) electrons. The smallest absolute Gasteiger partial charge is 0.248 e. The summed E-state index contributed by atoms with van der Waals surface area (Å²) in [7, 11) is 0. The molecular weight excluding hydrogens is 206 g/mol. The molecule has 0 aromatic rings. The third-order valence-electron chi connectivity index (χ3n) is 3.69. The van der Waals surface area contributed by atoms with Crippen LogP contribution in [0.15, 0.2) is 0 Å². The Morgan fingerprint density at radius 1 is 1.31 bits per heavy atom. The normalized spacial score (nSPS) is 30.6. The summed E-state index contributed by atoms with van der Waals surface area (Å²) < 4.78 is 0. The summed E-state index contributed by atoms with van der Waals surface area (Å²) in [6.45, 7) is 5.80. The molecule has 2 aliphatic heterocycles. The van der Waals surface area contributed by atoms with Crippen LogP contribution in [0.5, 0.6) is 0 Å². The Hall–Kier alpha value is -1.10. The largest absolute Gasteiger partial charge is 0.338 e. The zero-order valence-electron chi connectivity index (χ0n) is 9.74. The number of piperazine rings is 1. The molecule has 0 saturated carbocycles. The number of nitrogens with zero attached hydrogens (tertiary/aromatic N) is 2. The molecule has 16 heavy (non-hydrogen) atoms. The molecule has 2 aliphatic rings. The molecule has 2 saturated heterocycles. The van der Waals surface area contributed by atoms with Gasteiger partial charge >= 0.3 is 0 Å². The standard InChI is InChI=1S/C11H19N3O2/c1-11(3-2-6-14(11)9-15)10(16)13-7-4-12-5-8-13/h9,12H,2-8H2,1H3. The van der Waals surface area contributed by atoms with Crippen molar-refractivity contribution in [2.45, 2.75) is 25.3 Å². The van der Waals surface area contributed by atoms with Crippen molar-refractivity contribution in [3.05, 3.63) is 0 Å². The fourth-order valence-corrected chi connectivity index (χ4v) is 2.59. The Bertz CT molecular complexity index is 289. The zero-order valence-corrected chi connectivity index (χ0v) is 9.74. The number of hydrogen-bond donors (Lipinski definition) is 1. The minimum absolute atomic E-state index is 0.110. The van der Waals surface area contributed by atoms with Crippen molar-refractivity contribution in [1.82, 2.24) is 15.1 Å². The van der Waals surface area contributed by atoms with Crippen molar-refractivity contribution in [1.29, 1.82) is 0 Å². The Kier molecular flexibility index (Phi) is 3.14. The van der Waals surface area contributed by atoms with Crippen LogP contribution in [-0.2, 0) is 9.59 Å². The van der Waals surface area contributed by atoms with Crippen molar-refractivity contribution in [3.63, 3.8) is 0 Å². The second-order valence-electron chi connectivity index (χ2n) is 4.72. The van der Waals surface area contributed by atoms with E-state index in [1.807, 2.05) is 11.8 Å². The van der Waals surface area contributed by atoms with Crippen LogP contribution in [0.1, 0.15) is 19.8 Å². The van der Waals surface area contributed by atoms with Crippen molar-refractivity contribution >= 4 is 12.3 Å². The van der Waals surface area contributed by atoms with Crippen LogP contribution in [0.25, 0.3) is 0 Å². The molecule has 0 aliphatic carbocycles. The van der Waals surface area contributed by atoms with Crippen LogP contribution in [0.4, 0.5) is 0 Å². The van der Waals surface area contributed by atoms with Gasteiger partial charge in [0.1, 0.15) is 5.54 Å². The van der Waals surface area contributed by atoms with Crippen molar-refractivity contribution in [3.8, 4) is 0 Å². The maximum absolute atomic E-state index is 12.4. The summed E-state index contributed by atoms with van der Waals surface area (Å²) >= 11 is 0. The summed E-state index contributed by atoms with van der Waals surface area (Å²) in [4.78, 5) is 26.9. The van der Waals surface area contributed by atoms with Crippen LogP contribution in [-0.4, -0.2) is 60.4 Å². The summed E-state index contributed by atoms with van der Waals surface area (Å²) in [6, 6.07) is 0. The van der Waals surface area contributed by atoms with Gasteiger partial charge in [0.25, 0.3) is 0 Å². The topological polar surface area (TPSA) is 52.7 Å².